The van der Waals surface area contributed by atoms with Gasteiger partial charge < -0.3 is 5.73 Å². The van der Waals surface area contributed by atoms with Crippen molar-refractivity contribution in [2.75, 3.05) is 0 Å². The first-order valence-corrected chi connectivity index (χ1v) is 0.986. The van der Waals surface area contributed by atoms with E-state index in [0.717, 1.165) is 0 Å². The van der Waals surface area contributed by atoms with Crippen LogP contribution in [0.1, 0.15) is 0 Å². The maximum Gasteiger partial charge on any atom is 0.232 e. The van der Waals surface area contributed by atoms with Gasteiger partial charge in [-0.25, -0.2) is 5.43 Å². The van der Waals surface area contributed by atoms with E-state index in [9.17, 15) is 0 Å². The third-order valence-corrected chi connectivity index (χ3v) is 0.241. The lowest BCUT2D eigenvalue weighted by molar-refractivity contribution is 1.25. The molecule has 1 rings (SSSR count). The van der Waals surface area contributed by atoms with Crippen LogP contribution in [0.15, 0.2) is 5.10 Å². The van der Waals surface area contributed by atoms with E-state index >= 15 is 0 Å². The third kappa shape index (κ3) is 1.38. The zero-order chi connectivity index (χ0) is 2.99. The molecule has 4 heteroatoms. The molecule has 3 N–H and O–H groups in total. The summed E-state index contributed by atoms with van der Waals surface area (Å²) in [7, 11) is 0. The molecule has 0 unspecified atom stereocenters. The lowest BCUT2D eigenvalue weighted by Crippen LogP contribution is -2.03. The Morgan fingerprint density at radius 3 is 2.00 bits per heavy atom. The molecule has 0 atom stereocenters. The number of hydrazone groups is 1. The van der Waals surface area contributed by atoms with Crippen LogP contribution in [0.2, 0.25) is 0 Å². The molecule has 1 aliphatic heterocycles. The minimum Gasteiger partial charge on any atom is -0.367 e. The predicted molar refractivity (Wildman–Crippen MR) is 22.3 cm³/mol. The normalized spacial score (nSPS) is 14.0. The molecule has 0 amide bonds. The number of rotatable bonds is 0. The number of nitrogens with zero attached hydrogens (tertiary/aromatic N) is 1. The van der Waals surface area contributed by atoms with Crippen molar-refractivity contribution in [2.45, 2.75) is 0 Å². The van der Waals surface area contributed by atoms with Crippen LogP contribution >= 0.6 is 13.5 Å². The van der Waals surface area contributed by atoms with Crippen LogP contribution < -0.4 is 11.2 Å². The van der Waals surface area contributed by atoms with E-state index in [1.807, 2.05) is 0 Å². The zero-order valence-corrected chi connectivity index (χ0v) is 3.25. The van der Waals surface area contributed by atoms with Crippen LogP contribution in [0, 0.1) is 0 Å². The highest BCUT2D eigenvalue weighted by Gasteiger charge is 1.95. The van der Waals surface area contributed by atoms with Crippen molar-refractivity contribution in [3.05, 3.63) is 0 Å². The standard InChI is InChI=1S/CH3N3.S/c2-1-3-4-1;/h(H3,2,3,4);. The first-order valence-electron chi connectivity index (χ1n) is 0.986. The molecule has 5 heavy (non-hydrogen) atoms. The molecule has 0 aromatic carbocycles. The first-order chi connectivity index (χ1) is 1.89. The van der Waals surface area contributed by atoms with Gasteiger partial charge in [-0.3, -0.25) is 0 Å². The Bertz CT molecular complexity index is 57.9. The molecule has 28 valence electrons. The molecule has 0 aromatic rings. The molecule has 0 aromatic heterocycles. The van der Waals surface area contributed by atoms with Crippen LogP contribution in [-0.2, 0) is 0 Å². The Hall–Kier alpha value is -0.380. The molecule has 0 bridgehead atoms. The highest BCUT2D eigenvalue weighted by Crippen LogP contribution is 1.68. The summed E-state index contributed by atoms with van der Waals surface area (Å²) in [5, 5.41) is 3.35. The summed E-state index contributed by atoms with van der Waals surface area (Å²) in [5.74, 6) is 0.542. The van der Waals surface area contributed by atoms with E-state index in [4.69, 9.17) is 5.73 Å². The van der Waals surface area contributed by atoms with Crippen molar-refractivity contribution in [3.63, 3.8) is 0 Å². The molecular weight excluding hydrogens is 86.1 g/mol. The average molecular weight is 89.1 g/mol. The molecule has 1 heterocycles. The van der Waals surface area contributed by atoms with Crippen molar-refractivity contribution in [2.24, 2.45) is 10.8 Å². The van der Waals surface area contributed by atoms with Gasteiger partial charge in [0.05, 0.1) is 0 Å². The molecule has 0 spiro atoms. The second kappa shape index (κ2) is 1.16. The predicted octanol–water partition coefficient (Wildman–Crippen LogP) is -0.533. The Balaban J connectivity index is 0.000000160. The minimum atomic E-state index is 0. The zero-order valence-electron chi connectivity index (χ0n) is 2.43. The van der Waals surface area contributed by atoms with Crippen molar-refractivity contribution >= 4 is 19.5 Å². The summed E-state index contributed by atoms with van der Waals surface area (Å²) >= 11 is 0. The van der Waals surface area contributed by atoms with Crippen LogP contribution in [0.4, 0.5) is 0 Å². The van der Waals surface area contributed by atoms with Gasteiger partial charge in [0.15, 0.2) is 0 Å². The summed E-state index contributed by atoms with van der Waals surface area (Å²) < 4.78 is 0. The Morgan fingerprint density at radius 1 is 1.80 bits per heavy atom. The van der Waals surface area contributed by atoms with E-state index in [1.165, 1.54) is 0 Å². The molecule has 3 nitrogen and oxygen atoms in total. The largest absolute Gasteiger partial charge is 0.367 e. The second-order valence-electron chi connectivity index (χ2n) is 0.609. The molecule has 1 aliphatic rings. The summed E-state index contributed by atoms with van der Waals surface area (Å²) in [4.78, 5) is 0. The van der Waals surface area contributed by atoms with Crippen molar-refractivity contribution < 1.29 is 0 Å². The fourth-order valence-electron chi connectivity index (χ4n) is 0.0323. The van der Waals surface area contributed by atoms with Gasteiger partial charge in [0.1, 0.15) is 0 Å². The van der Waals surface area contributed by atoms with Crippen molar-refractivity contribution in [1.82, 2.24) is 5.43 Å². The summed E-state index contributed by atoms with van der Waals surface area (Å²) in [6.45, 7) is 0. The maximum atomic E-state index is 4.86. The van der Waals surface area contributed by atoms with Crippen LogP contribution in [0.3, 0.4) is 0 Å². The number of hydrogen-bond donors (Lipinski definition) is 2. The summed E-state index contributed by atoms with van der Waals surface area (Å²) in [5.41, 5.74) is 7.28. The monoisotopic (exact) mass is 89.0 g/mol. The first kappa shape index (κ1) is 4.62. The van der Waals surface area contributed by atoms with Crippen molar-refractivity contribution in [1.29, 1.82) is 0 Å². The Labute approximate surface area is 36.7 Å². The number of nitrogens with two attached hydrogens (primary N) is 1. The number of nitrogens with one attached hydrogen (secondary N) is 1. The smallest absolute Gasteiger partial charge is 0.232 e. The second-order valence-corrected chi connectivity index (χ2v) is 0.609. The molecule has 0 fully saturated rings. The van der Waals surface area contributed by atoms with Gasteiger partial charge in [-0.15, -0.1) is 5.10 Å². The highest BCUT2D eigenvalue weighted by atomic mass is 32.1. The van der Waals surface area contributed by atoms with E-state index in [1.54, 1.807) is 0 Å². The fourth-order valence-corrected chi connectivity index (χ4v) is 0.0323. The van der Waals surface area contributed by atoms with Crippen LogP contribution in [-0.4, -0.2) is 5.96 Å². The van der Waals surface area contributed by atoms with Gasteiger partial charge in [0.2, 0.25) is 5.96 Å². The van der Waals surface area contributed by atoms with Crippen molar-refractivity contribution in [3.8, 4) is 0 Å². The SMILES string of the molecule is NC1=NN1.[S]. The lowest BCUT2D eigenvalue weighted by Gasteiger charge is -1.48. The molecular formula is CH3N3S. The van der Waals surface area contributed by atoms with Crippen LogP contribution in [0.5, 0.6) is 0 Å². The highest BCUT2D eigenvalue weighted by molar-refractivity contribution is 7.59. The van der Waals surface area contributed by atoms with Crippen LogP contribution in [0.25, 0.3) is 0 Å². The third-order valence-electron chi connectivity index (χ3n) is 0.241. The van der Waals surface area contributed by atoms with Gasteiger partial charge in [-0.1, -0.05) is 0 Å². The Morgan fingerprint density at radius 2 is 2.00 bits per heavy atom. The summed E-state index contributed by atoms with van der Waals surface area (Å²) in [6.07, 6.45) is 0. The van der Waals surface area contributed by atoms with E-state index < -0.39 is 0 Å². The quantitative estimate of drug-likeness (QED) is 0.419. The van der Waals surface area contributed by atoms with Gasteiger partial charge in [0, 0.05) is 13.5 Å². The van der Waals surface area contributed by atoms with Gasteiger partial charge in [-0.2, -0.15) is 0 Å². The minimum absolute atomic E-state index is 0. The molecule has 0 saturated carbocycles. The summed E-state index contributed by atoms with van der Waals surface area (Å²) in [6, 6.07) is 0. The van der Waals surface area contributed by atoms with E-state index in [-0.39, 0.29) is 13.5 Å². The molecule has 0 saturated heterocycles. The topological polar surface area (TPSA) is 60.3 Å². The van der Waals surface area contributed by atoms with E-state index in [2.05, 4.69) is 10.5 Å². The van der Waals surface area contributed by atoms with Gasteiger partial charge in [-0.05, 0) is 0 Å². The van der Waals surface area contributed by atoms with Gasteiger partial charge >= 0.3 is 0 Å². The Kier molecular flexibility index (Phi) is 1.08. The maximum absolute atomic E-state index is 4.86. The van der Waals surface area contributed by atoms with Gasteiger partial charge in [0.25, 0.3) is 0 Å². The number of guanidine groups is 1. The molecule has 2 radical (unpaired) electrons. The number of hydrogen-bond acceptors (Lipinski definition) is 3. The fraction of sp³-hybridized carbons (Fsp3) is 0. The lowest BCUT2D eigenvalue weighted by atomic mass is 11.2. The molecule has 0 aliphatic carbocycles. The van der Waals surface area contributed by atoms with E-state index in [0.29, 0.717) is 5.96 Å². The average Bonchev–Trinajstić information content (AvgIpc) is 1.75.